The second kappa shape index (κ2) is 4.69. The Morgan fingerprint density at radius 1 is 1.38 bits per heavy atom. The second-order valence-corrected chi connectivity index (χ2v) is 3.80. The van der Waals surface area contributed by atoms with Crippen molar-refractivity contribution in [3.05, 3.63) is 24.2 Å². The van der Waals surface area contributed by atoms with Gasteiger partial charge in [-0.1, -0.05) is 0 Å². The first-order chi connectivity index (χ1) is 6.45. The van der Waals surface area contributed by atoms with Gasteiger partial charge in [-0.25, -0.2) is 0 Å². The van der Waals surface area contributed by atoms with Crippen LogP contribution in [0.5, 0.6) is 0 Å². The van der Waals surface area contributed by atoms with E-state index in [9.17, 15) is 0 Å². The van der Waals surface area contributed by atoms with E-state index in [4.69, 9.17) is 13.9 Å². The van der Waals surface area contributed by atoms with E-state index in [1.54, 1.807) is 18.0 Å². The van der Waals surface area contributed by atoms with Crippen LogP contribution in [0, 0.1) is 0 Å². The number of furan rings is 1. The average Bonchev–Trinajstić information content (AvgIpc) is 2.75. The van der Waals surface area contributed by atoms with Crippen molar-refractivity contribution in [3.8, 4) is 0 Å². The summed E-state index contributed by atoms with van der Waals surface area (Å²) >= 11 is 1.76. The third-order valence-electron chi connectivity index (χ3n) is 1.77. The Hall–Kier alpha value is -0.450. The van der Waals surface area contributed by atoms with Gasteiger partial charge in [-0.2, -0.15) is 0 Å². The fourth-order valence-electron chi connectivity index (χ4n) is 1.15. The molecular weight excluding hydrogens is 188 g/mol. The van der Waals surface area contributed by atoms with Crippen molar-refractivity contribution in [2.75, 3.05) is 19.0 Å². The first kappa shape index (κ1) is 9.12. The van der Waals surface area contributed by atoms with Gasteiger partial charge in [0.25, 0.3) is 0 Å². The third-order valence-corrected chi connectivity index (χ3v) is 2.77. The highest BCUT2D eigenvalue weighted by Gasteiger charge is 2.15. The SMILES string of the molecule is c1coc(CSCC2OCCO2)c1. The molecule has 0 N–H and O–H groups in total. The molecule has 1 aliphatic rings. The Bertz CT molecular complexity index is 229. The molecule has 0 aromatic carbocycles. The Kier molecular flexibility index (Phi) is 3.29. The van der Waals surface area contributed by atoms with Crippen LogP contribution in [0.15, 0.2) is 22.8 Å². The number of hydrogen-bond donors (Lipinski definition) is 0. The van der Waals surface area contributed by atoms with Crippen LogP contribution < -0.4 is 0 Å². The molecule has 13 heavy (non-hydrogen) atoms. The zero-order valence-electron chi connectivity index (χ0n) is 7.27. The maximum Gasteiger partial charge on any atom is 0.166 e. The summed E-state index contributed by atoms with van der Waals surface area (Å²) in [4.78, 5) is 0. The molecule has 1 saturated heterocycles. The summed E-state index contributed by atoms with van der Waals surface area (Å²) < 4.78 is 15.8. The van der Waals surface area contributed by atoms with E-state index in [0.29, 0.717) is 0 Å². The van der Waals surface area contributed by atoms with Crippen molar-refractivity contribution in [3.63, 3.8) is 0 Å². The van der Waals surface area contributed by atoms with Crippen LogP contribution in [0.25, 0.3) is 0 Å². The molecular formula is C9H12O3S. The second-order valence-electron chi connectivity index (χ2n) is 2.77. The standard InChI is InChI=1S/C9H12O3S/c1-2-8(10-3-1)6-13-7-9-11-4-5-12-9/h1-3,9H,4-7H2. The molecule has 1 aliphatic heterocycles. The van der Waals surface area contributed by atoms with Crippen molar-refractivity contribution in [1.29, 1.82) is 0 Å². The first-order valence-electron chi connectivity index (χ1n) is 4.28. The zero-order valence-corrected chi connectivity index (χ0v) is 8.09. The van der Waals surface area contributed by atoms with Gasteiger partial charge in [0.1, 0.15) is 5.76 Å². The minimum atomic E-state index is -0.0139. The summed E-state index contributed by atoms with van der Waals surface area (Å²) in [5, 5.41) is 0. The minimum absolute atomic E-state index is 0.0139. The Balaban J connectivity index is 1.63. The van der Waals surface area contributed by atoms with E-state index >= 15 is 0 Å². The maximum atomic E-state index is 5.30. The van der Waals surface area contributed by atoms with Crippen molar-refractivity contribution < 1.29 is 13.9 Å². The highest BCUT2D eigenvalue weighted by atomic mass is 32.2. The maximum absolute atomic E-state index is 5.30. The molecule has 72 valence electrons. The number of hydrogen-bond acceptors (Lipinski definition) is 4. The monoisotopic (exact) mass is 200 g/mol. The lowest BCUT2D eigenvalue weighted by atomic mass is 10.5. The Labute approximate surface area is 81.4 Å². The third kappa shape index (κ3) is 2.76. The van der Waals surface area contributed by atoms with Gasteiger partial charge >= 0.3 is 0 Å². The quantitative estimate of drug-likeness (QED) is 0.742. The molecule has 1 fully saturated rings. The van der Waals surface area contributed by atoms with E-state index in [2.05, 4.69) is 0 Å². The van der Waals surface area contributed by atoms with Crippen LogP contribution in [-0.4, -0.2) is 25.3 Å². The number of ether oxygens (including phenoxy) is 2. The van der Waals surface area contributed by atoms with Crippen LogP contribution in [0.3, 0.4) is 0 Å². The predicted molar refractivity (Wildman–Crippen MR) is 50.6 cm³/mol. The summed E-state index contributed by atoms with van der Waals surface area (Å²) in [6.07, 6.45) is 1.68. The van der Waals surface area contributed by atoms with Crippen molar-refractivity contribution in [1.82, 2.24) is 0 Å². The lowest BCUT2D eigenvalue weighted by molar-refractivity contribution is -0.0214. The molecule has 0 spiro atoms. The molecule has 1 aromatic heterocycles. The van der Waals surface area contributed by atoms with E-state index < -0.39 is 0 Å². The fourth-order valence-corrected chi connectivity index (χ4v) is 2.02. The van der Waals surface area contributed by atoms with Crippen LogP contribution in [0.1, 0.15) is 5.76 Å². The van der Waals surface area contributed by atoms with Crippen LogP contribution in [0.4, 0.5) is 0 Å². The van der Waals surface area contributed by atoms with Crippen LogP contribution in [0.2, 0.25) is 0 Å². The van der Waals surface area contributed by atoms with E-state index in [1.165, 1.54) is 0 Å². The highest BCUT2D eigenvalue weighted by Crippen LogP contribution is 2.16. The zero-order chi connectivity index (χ0) is 8.93. The van der Waals surface area contributed by atoms with Gasteiger partial charge in [-0.15, -0.1) is 11.8 Å². The first-order valence-corrected chi connectivity index (χ1v) is 5.44. The smallest absolute Gasteiger partial charge is 0.166 e. The molecule has 0 atom stereocenters. The lowest BCUT2D eigenvalue weighted by Crippen LogP contribution is -2.10. The molecule has 0 radical (unpaired) electrons. The van der Waals surface area contributed by atoms with E-state index in [-0.39, 0.29) is 6.29 Å². The van der Waals surface area contributed by atoms with Crippen LogP contribution in [-0.2, 0) is 15.2 Å². The van der Waals surface area contributed by atoms with Gasteiger partial charge in [0.2, 0.25) is 0 Å². The molecule has 0 bridgehead atoms. The van der Waals surface area contributed by atoms with Gasteiger partial charge in [0.05, 0.1) is 25.2 Å². The predicted octanol–water partition coefficient (Wildman–Crippen LogP) is 1.89. The van der Waals surface area contributed by atoms with Gasteiger partial charge < -0.3 is 13.9 Å². The molecule has 0 saturated carbocycles. The molecule has 2 rings (SSSR count). The Morgan fingerprint density at radius 2 is 2.23 bits per heavy atom. The summed E-state index contributed by atoms with van der Waals surface area (Å²) in [7, 11) is 0. The molecule has 2 heterocycles. The minimum Gasteiger partial charge on any atom is -0.468 e. The molecule has 4 heteroatoms. The average molecular weight is 200 g/mol. The normalized spacial score (nSPS) is 18.2. The summed E-state index contributed by atoms with van der Waals surface area (Å²) in [6, 6.07) is 3.88. The summed E-state index contributed by atoms with van der Waals surface area (Å²) in [5.41, 5.74) is 0. The van der Waals surface area contributed by atoms with E-state index in [0.717, 1.165) is 30.5 Å². The molecule has 3 nitrogen and oxygen atoms in total. The number of rotatable bonds is 4. The summed E-state index contributed by atoms with van der Waals surface area (Å²) in [6.45, 7) is 1.46. The molecule has 0 amide bonds. The van der Waals surface area contributed by atoms with Gasteiger partial charge in [-0.3, -0.25) is 0 Å². The largest absolute Gasteiger partial charge is 0.468 e. The fraction of sp³-hybridized carbons (Fsp3) is 0.556. The molecule has 0 aliphatic carbocycles. The summed E-state index contributed by atoms with van der Waals surface area (Å²) in [5.74, 6) is 2.76. The van der Waals surface area contributed by atoms with Crippen molar-refractivity contribution >= 4 is 11.8 Å². The number of thioether (sulfide) groups is 1. The van der Waals surface area contributed by atoms with E-state index in [1.807, 2.05) is 12.1 Å². The van der Waals surface area contributed by atoms with Gasteiger partial charge in [0.15, 0.2) is 6.29 Å². The molecule has 0 unspecified atom stereocenters. The topological polar surface area (TPSA) is 31.6 Å². The molecule has 1 aromatic rings. The Morgan fingerprint density at radius 3 is 2.92 bits per heavy atom. The van der Waals surface area contributed by atoms with Gasteiger partial charge in [0, 0.05) is 5.75 Å². The van der Waals surface area contributed by atoms with Crippen molar-refractivity contribution in [2.45, 2.75) is 12.0 Å². The van der Waals surface area contributed by atoms with Gasteiger partial charge in [-0.05, 0) is 12.1 Å². The highest BCUT2D eigenvalue weighted by molar-refractivity contribution is 7.98. The van der Waals surface area contributed by atoms with Crippen molar-refractivity contribution in [2.24, 2.45) is 0 Å². The lowest BCUT2D eigenvalue weighted by Gasteiger charge is -2.06. The van der Waals surface area contributed by atoms with Crippen LogP contribution >= 0.6 is 11.8 Å².